The molecule has 0 amide bonds. The van der Waals surface area contributed by atoms with Gasteiger partial charge in [-0.1, -0.05) is 11.6 Å². The molecular formula is C12H25NO3S. The van der Waals surface area contributed by atoms with Gasteiger partial charge in [-0.2, -0.15) is 0 Å². The van der Waals surface area contributed by atoms with E-state index in [-0.39, 0.29) is 5.75 Å². The van der Waals surface area contributed by atoms with Gasteiger partial charge in [0.2, 0.25) is 0 Å². The van der Waals surface area contributed by atoms with Crippen LogP contribution in [0.2, 0.25) is 0 Å². The molecule has 0 saturated carbocycles. The van der Waals surface area contributed by atoms with Gasteiger partial charge in [-0.25, -0.2) is 8.42 Å². The minimum absolute atomic E-state index is 0.282. The van der Waals surface area contributed by atoms with Crippen LogP contribution < -0.4 is 5.32 Å². The maximum absolute atomic E-state index is 10.9. The monoisotopic (exact) mass is 263 g/mol. The third kappa shape index (κ3) is 13.5. The zero-order valence-electron chi connectivity index (χ0n) is 11.2. The molecule has 0 aliphatic heterocycles. The van der Waals surface area contributed by atoms with Crippen molar-refractivity contribution in [1.29, 1.82) is 0 Å². The van der Waals surface area contributed by atoms with Gasteiger partial charge in [-0.15, -0.1) is 0 Å². The number of allylic oxidation sites excluding steroid dienone is 1. The molecule has 0 heterocycles. The molecule has 0 aromatic rings. The van der Waals surface area contributed by atoms with Gasteiger partial charge in [0.05, 0.1) is 12.4 Å². The number of rotatable bonds is 10. The molecule has 0 aliphatic rings. The molecule has 0 atom stereocenters. The summed E-state index contributed by atoms with van der Waals surface area (Å²) in [5, 5.41) is 3.26. The zero-order chi connectivity index (χ0) is 13.1. The van der Waals surface area contributed by atoms with Crippen molar-refractivity contribution in [3.8, 4) is 0 Å². The molecule has 5 heteroatoms. The SMILES string of the molecule is COCCNCCC=C(C)CCCS(C)(=O)=O. The van der Waals surface area contributed by atoms with Gasteiger partial charge in [-0.3, -0.25) is 0 Å². The van der Waals surface area contributed by atoms with Crippen LogP contribution in [0.3, 0.4) is 0 Å². The van der Waals surface area contributed by atoms with Crippen molar-refractivity contribution < 1.29 is 13.2 Å². The third-order valence-electron chi connectivity index (χ3n) is 2.38. The smallest absolute Gasteiger partial charge is 0.147 e. The Bertz CT molecular complexity index is 310. The highest BCUT2D eigenvalue weighted by molar-refractivity contribution is 7.90. The summed E-state index contributed by atoms with van der Waals surface area (Å²) in [5.41, 5.74) is 1.27. The van der Waals surface area contributed by atoms with Crippen molar-refractivity contribution in [2.75, 3.05) is 38.8 Å². The lowest BCUT2D eigenvalue weighted by molar-refractivity contribution is 0.199. The molecule has 0 aromatic carbocycles. The normalized spacial score (nSPS) is 13.0. The van der Waals surface area contributed by atoms with Crippen LogP contribution in [0.4, 0.5) is 0 Å². The van der Waals surface area contributed by atoms with Crippen LogP contribution in [-0.2, 0) is 14.6 Å². The van der Waals surface area contributed by atoms with E-state index in [0.29, 0.717) is 0 Å². The second kappa shape index (κ2) is 9.62. The molecule has 0 saturated heterocycles. The first-order valence-electron chi connectivity index (χ1n) is 5.98. The minimum Gasteiger partial charge on any atom is -0.383 e. The lowest BCUT2D eigenvalue weighted by atomic mass is 10.1. The molecule has 0 aromatic heterocycles. The van der Waals surface area contributed by atoms with Gasteiger partial charge in [0.25, 0.3) is 0 Å². The number of hydrogen-bond donors (Lipinski definition) is 1. The van der Waals surface area contributed by atoms with Gasteiger partial charge >= 0.3 is 0 Å². The number of methoxy groups -OCH3 is 1. The molecular weight excluding hydrogens is 238 g/mol. The summed E-state index contributed by atoms with van der Waals surface area (Å²) < 4.78 is 26.8. The van der Waals surface area contributed by atoms with Crippen LogP contribution in [0.1, 0.15) is 26.2 Å². The molecule has 0 aliphatic carbocycles. The first-order chi connectivity index (χ1) is 7.95. The zero-order valence-corrected chi connectivity index (χ0v) is 12.0. The Morgan fingerprint density at radius 1 is 1.35 bits per heavy atom. The second-order valence-electron chi connectivity index (χ2n) is 4.32. The summed E-state index contributed by atoms with van der Waals surface area (Å²) in [7, 11) is -1.12. The number of sulfone groups is 1. The van der Waals surface area contributed by atoms with Crippen molar-refractivity contribution in [2.24, 2.45) is 0 Å². The largest absolute Gasteiger partial charge is 0.383 e. The highest BCUT2D eigenvalue weighted by Gasteiger charge is 2.01. The Labute approximate surface area is 105 Å². The highest BCUT2D eigenvalue weighted by Crippen LogP contribution is 2.06. The van der Waals surface area contributed by atoms with E-state index in [9.17, 15) is 8.42 Å². The van der Waals surface area contributed by atoms with Crippen molar-refractivity contribution in [2.45, 2.75) is 26.2 Å². The van der Waals surface area contributed by atoms with Crippen molar-refractivity contribution in [3.63, 3.8) is 0 Å². The van der Waals surface area contributed by atoms with E-state index >= 15 is 0 Å². The fourth-order valence-corrected chi connectivity index (χ4v) is 2.10. The van der Waals surface area contributed by atoms with Gasteiger partial charge in [0, 0.05) is 19.9 Å². The molecule has 0 bridgehead atoms. The number of ether oxygens (including phenoxy) is 1. The van der Waals surface area contributed by atoms with Crippen molar-refractivity contribution >= 4 is 9.84 Å². The molecule has 0 spiro atoms. The maximum Gasteiger partial charge on any atom is 0.147 e. The molecule has 1 N–H and O–H groups in total. The van der Waals surface area contributed by atoms with E-state index < -0.39 is 9.84 Å². The molecule has 0 rings (SSSR count). The second-order valence-corrected chi connectivity index (χ2v) is 6.58. The van der Waals surface area contributed by atoms with Crippen molar-refractivity contribution in [3.05, 3.63) is 11.6 Å². The predicted octanol–water partition coefficient (Wildman–Crippen LogP) is 1.38. The van der Waals surface area contributed by atoms with E-state index in [1.807, 2.05) is 0 Å². The summed E-state index contributed by atoms with van der Waals surface area (Å²) in [4.78, 5) is 0. The van der Waals surface area contributed by atoms with Crippen LogP contribution in [0.5, 0.6) is 0 Å². The molecule has 17 heavy (non-hydrogen) atoms. The summed E-state index contributed by atoms with van der Waals surface area (Å²) in [6.07, 6.45) is 6.02. The van der Waals surface area contributed by atoms with Crippen molar-refractivity contribution in [1.82, 2.24) is 5.32 Å². The average molecular weight is 263 g/mol. The molecule has 0 unspecified atom stereocenters. The maximum atomic E-state index is 10.9. The van der Waals surface area contributed by atoms with E-state index in [2.05, 4.69) is 18.3 Å². The van der Waals surface area contributed by atoms with Crippen LogP contribution in [-0.4, -0.2) is 47.2 Å². The Morgan fingerprint density at radius 2 is 2.06 bits per heavy atom. The van der Waals surface area contributed by atoms with Crippen LogP contribution >= 0.6 is 0 Å². The molecule has 4 nitrogen and oxygen atoms in total. The summed E-state index contributed by atoms with van der Waals surface area (Å²) in [5.74, 6) is 0.282. The highest BCUT2D eigenvalue weighted by atomic mass is 32.2. The lowest BCUT2D eigenvalue weighted by Gasteiger charge is -2.03. The molecule has 102 valence electrons. The first-order valence-corrected chi connectivity index (χ1v) is 8.05. The lowest BCUT2D eigenvalue weighted by Crippen LogP contribution is -2.19. The third-order valence-corrected chi connectivity index (χ3v) is 3.41. The van der Waals surface area contributed by atoms with Gasteiger partial charge in [-0.05, 0) is 32.7 Å². The number of nitrogens with one attached hydrogen (secondary N) is 1. The van der Waals surface area contributed by atoms with E-state index in [1.165, 1.54) is 11.8 Å². The number of hydrogen-bond acceptors (Lipinski definition) is 4. The van der Waals surface area contributed by atoms with Crippen LogP contribution in [0.15, 0.2) is 11.6 Å². The van der Waals surface area contributed by atoms with E-state index in [0.717, 1.165) is 39.0 Å². The Kier molecular flexibility index (Phi) is 9.40. The van der Waals surface area contributed by atoms with Gasteiger partial charge < -0.3 is 10.1 Å². The molecule has 0 radical (unpaired) electrons. The standard InChI is InChI=1S/C12H25NO3S/c1-12(7-5-11-17(3,14)15)6-4-8-13-9-10-16-2/h6,13H,4-5,7-11H2,1-3H3. The fourth-order valence-electron chi connectivity index (χ4n) is 1.44. The average Bonchev–Trinajstić information content (AvgIpc) is 2.21. The van der Waals surface area contributed by atoms with E-state index in [1.54, 1.807) is 7.11 Å². The molecule has 0 fully saturated rings. The van der Waals surface area contributed by atoms with Gasteiger partial charge in [0.15, 0.2) is 0 Å². The predicted molar refractivity (Wildman–Crippen MR) is 72.1 cm³/mol. The minimum atomic E-state index is -2.81. The quantitative estimate of drug-likeness (QED) is 0.478. The Balaban J connectivity index is 3.52. The van der Waals surface area contributed by atoms with E-state index in [4.69, 9.17) is 4.74 Å². The van der Waals surface area contributed by atoms with Crippen LogP contribution in [0.25, 0.3) is 0 Å². The summed E-state index contributed by atoms with van der Waals surface area (Å²) in [6.45, 7) is 4.60. The Hall–Kier alpha value is -0.390. The Morgan fingerprint density at radius 3 is 2.65 bits per heavy atom. The summed E-state index contributed by atoms with van der Waals surface area (Å²) in [6, 6.07) is 0. The first kappa shape index (κ1) is 16.6. The van der Waals surface area contributed by atoms with Gasteiger partial charge in [0.1, 0.15) is 9.84 Å². The topological polar surface area (TPSA) is 55.4 Å². The van der Waals surface area contributed by atoms with Crippen LogP contribution in [0, 0.1) is 0 Å². The fraction of sp³-hybridized carbons (Fsp3) is 0.833. The summed E-state index contributed by atoms with van der Waals surface area (Å²) >= 11 is 0.